The van der Waals surface area contributed by atoms with Crippen molar-refractivity contribution in [2.45, 2.75) is 12.8 Å². The molecule has 110 valence electrons. The summed E-state index contributed by atoms with van der Waals surface area (Å²) in [6, 6.07) is 12.0. The van der Waals surface area contributed by atoms with Crippen LogP contribution in [0.2, 0.25) is 0 Å². The Morgan fingerprint density at radius 2 is 1.04 bits per heavy atom. The first kappa shape index (κ1) is 21.9. The molecule has 0 saturated carbocycles. The Bertz CT molecular complexity index is 840. The molecule has 2 heterocycles. The normalized spacial score (nSPS) is 10.0. The van der Waals surface area contributed by atoms with Crippen LogP contribution < -0.4 is 37.7 Å². The summed E-state index contributed by atoms with van der Waals surface area (Å²) in [5.74, 6) is 0. The Morgan fingerprint density at radius 3 is 1.38 bits per heavy atom. The Labute approximate surface area is 186 Å². The Balaban J connectivity index is 0.00000144. The Hall–Kier alpha value is -0.145. The third kappa shape index (κ3) is 5.18. The van der Waals surface area contributed by atoms with Crippen LogP contribution in [-0.2, 0) is 38.1 Å². The van der Waals surface area contributed by atoms with E-state index in [-0.39, 0.29) is 37.7 Å². The molecule has 0 amide bonds. The molecule has 3 aromatic rings. The van der Waals surface area contributed by atoms with Crippen LogP contribution in [0.5, 0.6) is 0 Å². The predicted octanol–water partition coefficient (Wildman–Crippen LogP) is -2.38. The van der Waals surface area contributed by atoms with E-state index in [0.29, 0.717) is 21.2 Å². The van der Waals surface area contributed by atoms with Gasteiger partial charge in [0, 0.05) is 22.2 Å². The van der Waals surface area contributed by atoms with E-state index < -0.39 is 0 Å². The van der Waals surface area contributed by atoms with E-state index in [1.165, 1.54) is 0 Å². The van der Waals surface area contributed by atoms with Crippen LogP contribution in [0, 0.1) is 0 Å². The molecule has 8 heteroatoms. The smallest absolute Gasteiger partial charge is 0.432 e. The third-order valence-electron chi connectivity index (χ3n) is 3.29. The number of pyridine rings is 2. The van der Waals surface area contributed by atoms with Gasteiger partial charge < -0.3 is 49.7 Å². The molecule has 0 radical (unpaired) electrons. The maximum absolute atomic E-state index is 5.00. The Morgan fingerprint density at radius 1 is 0.708 bits per heavy atom. The molecule has 0 N–H and O–H groups in total. The molecule has 0 atom stereocenters. The average molecular weight is 372 g/mol. The van der Waals surface area contributed by atoms with Gasteiger partial charge in [0.25, 0.3) is 0 Å². The van der Waals surface area contributed by atoms with E-state index >= 15 is 0 Å². The molecule has 0 aliphatic heterocycles. The van der Waals surface area contributed by atoms with E-state index in [1.54, 1.807) is 0 Å². The minimum atomic E-state index is 0. The summed E-state index contributed by atoms with van der Waals surface area (Å²) in [6.45, 7) is 0. The van der Waals surface area contributed by atoms with Crippen LogP contribution >= 0.6 is 24.4 Å². The molecule has 2 nitrogen and oxygen atoms in total. The molecule has 3 rings (SSSR count). The van der Waals surface area contributed by atoms with Crippen molar-refractivity contribution in [1.29, 1.82) is 0 Å². The maximum Gasteiger partial charge on any atom is 1.00 e. The van der Waals surface area contributed by atoms with Crippen molar-refractivity contribution >= 4 is 79.9 Å². The Kier molecular flexibility index (Phi) is 8.69. The minimum absolute atomic E-state index is 0. The van der Waals surface area contributed by atoms with Gasteiger partial charge in [0.1, 0.15) is 0 Å². The number of fused-ring (bicyclic) bond motifs is 3. The fourth-order valence-electron chi connectivity index (χ4n) is 2.34. The van der Waals surface area contributed by atoms with Gasteiger partial charge >= 0.3 is 37.7 Å². The van der Waals surface area contributed by atoms with Gasteiger partial charge in [-0.1, -0.05) is 24.3 Å². The molecule has 0 aliphatic carbocycles. The summed E-state index contributed by atoms with van der Waals surface area (Å²) in [4.78, 5) is 9.38. The molecular weight excluding hydrogens is 362 g/mol. The number of aromatic nitrogens is 2. The van der Waals surface area contributed by atoms with Crippen LogP contribution in [0.4, 0.5) is 0 Å². The van der Waals surface area contributed by atoms with Gasteiger partial charge in [-0.25, -0.2) is 0 Å². The van der Waals surface area contributed by atoms with E-state index in [1.807, 2.05) is 36.4 Å². The van der Waals surface area contributed by atoms with Gasteiger partial charge in [0.2, 0.25) is 0 Å². The molecule has 1 aromatic carbocycles. The summed E-state index contributed by atoms with van der Waals surface area (Å²) < 4.78 is 1.02. The van der Waals surface area contributed by atoms with Crippen LogP contribution in [0.15, 0.2) is 36.4 Å². The summed E-state index contributed by atoms with van der Waals surface area (Å²) in [6.07, 6.45) is 1.04. The van der Waals surface area contributed by atoms with Gasteiger partial charge in [0.15, 0.2) is 0 Å². The van der Waals surface area contributed by atoms with Crippen molar-refractivity contribution in [3.63, 3.8) is 0 Å². The van der Waals surface area contributed by atoms with Gasteiger partial charge in [0.05, 0.1) is 11.0 Å². The minimum Gasteiger partial charge on any atom is -0.432 e. The molecule has 0 bridgehead atoms. The second-order valence-electron chi connectivity index (χ2n) is 4.91. The van der Waals surface area contributed by atoms with Gasteiger partial charge in [-0.05, 0) is 25.0 Å². The summed E-state index contributed by atoms with van der Waals surface area (Å²) >= 11 is 20.0. The van der Waals surface area contributed by atoms with Gasteiger partial charge in [-0.15, -0.1) is 8.39 Å². The second kappa shape index (κ2) is 9.52. The van der Waals surface area contributed by atoms with Crippen LogP contribution in [0.3, 0.4) is 0 Å². The van der Waals surface area contributed by atoms with Crippen molar-refractivity contribution in [2.24, 2.45) is 0 Å². The molecule has 0 fully saturated rings. The SMILES string of the molecule is S=C([S-])Cc1ccc2ccc3ccc(CC(=S)[S-])nc3c2n1.[Li+].[Li+]. The molecule has 2 aromatic heterocycles. The topological polar surface area (TPSA) is 25.8 Å². The molecule has 0 spiro atoms. The third-order valence-corrected chi connectivity index (χ3v) is 3.86. The number of hydrogen-bond acceptors (Lipinski definition) is 6. The summed E-state index contributed by atoms with van der Waals surface area (Å²) in [5, 5.41) is 2.08. The largest absolute Gasteiger partial charge is 1.00 e. The van der Waals surface area contributed by atoms with E-state index in [0.717, 1.165) is 33.2 Å². The molecular formula is C16H10Li2N2S4. The second-order valence-corrected chi connectivity index (χ2v) is 7.40. The molecule has 0 aliphatic rings. The molecule has 0 saturated heterocycles. The number of rotatable bonds is 4. The summed E-state index contributed by atoms with van der Waals surface area (Å²) in [5.41, 5.74) is 3.45. The quantitative estimate of drug-likeness (QED) is 0.220. The van der Waals surface area contributed by atoms with Gasteiger partial charge in [-0.2, -0.15) is 0 Å². The van der Waals surface area contributed by atoms with Crippen molar-refractivity contribution in [3.8, 4) is 0 Å². The number of nitrogens with zero attached hydrogens (tertiary/aromatic N) is 2. The van der Waals surface area contributed by atoms with Gasteiger partial charge in [-0.3, -0.25) is 9.97 Å². The van der Waals surface area contributed by atoms with E-state index in [2.05, 4.69) is 9.97 Å². The first-order chi connectivity index (χ1) is 10.5. The molecule has 0 unspecified atom stereocenters. The standard InChI is InChI=1S/C16H12N2S4.2Li/c19-13(20)7-11-5-3-9-1-2-10-4-6-12(8-14(21)22)18-16(10)15(9)17-11;;/h1-6H,7-8H2,(H,19,20)(H,21,22);;/q;2*+1/p-2. The number of hydrogen-bond donors (Lipinski definition) is 0. The fourth-order valence-corrected chi connectivity index (χ4v) is 2.93. The van der Waals surface area contributed by atoms with Crippen molar-refractivity contribution < 1.29 is 37.7 Å². The van der Waals surface area contributed by atoms with Crippen molar-refractivity contribution in [3.05, 3.63) is 47.8 Å². The fraction of sp³-hybridized carbons (Fsp3) is 0.125. The zero-order valence-electron chi connectivity index (χ0n) is 13.4. The van der Waals surface area contributed by atoms with Crippen molar-refractivity contribution in [2.75, 3.05) is 0 Å². The monoisotopic (exact) mass is 372 g/mol. The number of thiocarbonyl (C=S) groups is 2. The van der Waals surface area contributed by atoms with Crippen LogP contribution in [-0.4, -0.2) is 18.4 Å². The molecule has 24 heavy (non-hydrogen) atoms. The number of benzene rings is 1. The average Bonchev–Trinajstić information content (AvgIpc) is 2.46. The maximum atomic E-state index is 5.00. The summed E-state index contributed by atoms with van der Waals surface area (Å²) in [7, 11) is 0. The van der Waals surface area contributed by atoms with Crippen molar-refractivity contribution in [1.82, 2.24) is 9.97 Å². The zero-order valence-corrected chi connectivity index (χ0v) is 16.7. The van der Waals surface area contributed by atoms with E-state index in [9.17, 15) is 0 Å². The first-order valence-electron chi connectivity index (χ1n) is 6.61. The van der Waals surface area contributed by atoms with E-state index in [4.69, 9.17) is 49.7 Å². The first-order valence-corrected chi connectivity index (χ1v) is 8.24. The van der Waals surface area contributed by atoms with Crippen LogP contribution in [0.1, 0.15) is 11.4 Å². The zero-order chi connectivity index (χ0) is 15.7. The predicted molar refractivity (Wildman–Crippen MR) is 104 cm³/mol. The van der Waals surface area contributed by atoms with Crippen LogP contribution in [0.25, 0.3) is 21.8 Å².